The first-order valence-electron chi connectivity index (χ1n) is 9.96. The molecule has 3 amide bonds. The van der Waals surface area contributed by atoms with E-state index in [9.17, 15) is 14.0 Å². The van der Waals surface area contributed by atoms with Gasteiger partial charge in [0.25, 0.3) is 0 Å². The zero-order chi connectivity index (χ0) is 20.2. The average Bonchev–Trinajstić information content (AvgIpc) is 3.08. The average molecular weight is 396 g/mol. The number of urea groups is 1. The molecule has 2 fully saturated rings. The van der Waals surface area contributed by atoms with E-state index in [4.69, 9.17) is 0 Å². The van der Waals surface area contributed by atoms with E-state index in [1.807, 2.05) is 30.3 Å². The van der Waals surface area contributed by atoms with Crippen LogP contribution in [0, 0.1) is 5.82 Å². The highest BCUT2D eigenvalue weighted by Crippen LogP contribution is 2.18. The van der Waals surface area contributed by atoms with Crippen molar-refractivity contribution in [3.05, 3.63) is 66.0 Å². The Morgan fingerprint density at radius 3 is 2.38 bits per heavy atom. The fourth-order valence-electron chi connectivity index (χ4n) is 3.91. The zero-order valence-electron chi connectivity index (χ0n) is 16.3. The maximum atomic E-state index is 13.1. The van der Waals surface area contributed by atoms with E-state index >= 15 is 0 Å². The highest BCUT2D eigenvalue weighted by molar-refractivity contribution is 5.81. The van der Waals surface area contributed by atoms with E-state index < -0.39 is 0 Å². The van der Waals surface area contributed by atoms with Crippen LogP contribution in [-0.4, -0.2) is 60.5 Å². The zero-order valence-corrected chi connectivity index (χ0v) is 16.3. The SMILES string of the molecule is O=C1CC(NC(=O)N2CCN(c3ccc(F)cc3)CC2)CN1Cc1ccccc1. The van der Waals surface area contributed by atoms with E-state index in [0.29, 0.717) is 45.7 Å². The molecular weight excluding hydrogens is 371 g/mol. The Bertz CT molecular complexity index is 851. The van der Waals surface area contributed by atoms with Gasteiger partial charge < -0.3 is 20.0 Å². The molecule has 0 aliphatic carbocycles. The number of rotatable bonds is 4. The number of halogens is 1. The number of amides is 3. The summed E-state index contributed by atoms with van der Waals surface area (Å²) in [4.78, 5) is 30.7. The van der Waals surface area contributed by atoms with Gasteiger partial charge in [0, 0.05) is 51.4 Å². The minimum atomic E-state index is -0.251. The van der Waals surface area contributed by atoms with Crippen LogP contribution in [0.4, 0.5) is 14.9 Å². The van der Waals surface area contributed by atoms with Crippen molar-refractivity contribution in [2.45, 2.75) is 19.0 Å². The lowest BCUT2D eigenvalue weighted by atomic mass is 10.2. The number of nitrogens with one attached hydrogen (secondary N) is 1. The molecule has 0 spiro atoms. The van der Waals surface area contributed by atoms with Gasteiger partial charge in [-0.25, -0.2) is 9.18 Å². The Kier molecular flexibility index (Phi) is 5.64. The molecular formula is C22H25FN4O2. The van der Waals surface area contributed by atoms with Crippen molar-refractivity contribution >= 4 is 17.6 Å². The van der Waals surface area contributed by atoms with Crippen molar-refractivity contribution in [3.8, 4) is 0 Å². The first kappa shape index (κ1) is 19.2. The molecule has 29 heavy (non-hydrogen) atoms. The standard InChI is InChI=1S/C22H25FN4O2/c23-18-6-8-20(9-7-18)25-10-12-26(13-11-25)22(29)24-19-14-21(28)27(16-19)15-17-4-2-1-3-5-17/h1-9,19H,10-16H2,(H,24,29). The Morgan fingerprint density at radius 1 is 1.00 bits per heavy atom. The molecule has 2 saturated heterocycles. The summed E-state index contributed by atoms with van der Waals surface area (Å²) in [6, 6.07) is 16.0. The van der Waals surface area contributed by atoms with Crippen LogP contribution in [0.5, 0.6) is 0 Å². The lowest BCUT2D eigenvalue weighted by Crippen LogP contribution is -2.53. The summed E-state index contributed by atoms with van der Waals surface area (Å²) < 4.78 is 13.1. The Balaban J connectivity index is 1.26. The van der Waals surface area contributed by atoms with Crippen LogP contribution >= 0.6 is 0 Å². The fourth-order valence-corrected chi connectivity index (χ4v) is 3.91. The van der Waals surface area contributed by atoms with Crippen molar-refractivity contribution in [1.29, 1.82) is 0 Å². The molecule has 4 rings (SSSR count). The molecule has 0 aromatic heterocycles. The van der Waals surface area contributed by atoms with Gasteiger partial charge in [0.15, 0.2) is 0 Å². The lowest BCUT2D eigenvalue weighted by molar-refractivity contribution is -0.128. The molecule has 1 unspecified atom stereocenters. The van der Waals surface area contributed by atoms with Crippen molar-refractivity contribution in [2.75, 3.05) is 37.6 Å². The lowest BCUT2D eigenvalue weighted by Gasteiger charge is -2.36. The summed E-state index contributed by atoms with van der Waals surface area (Å²) >= 11 is 0. The summed E-state index contributed by atoms with van der Waals surface area (Å²) in [6.07, 6.45) is 0.341. The molecule has 2 heterocycles. The second kappa shape index (κ2) is 8.51. The Labute approximate surface area is 169 Å². The first-order valence-corrected chi connectivity index (χ1v) is 9.96. The van der Waals surface area contributed by atoms with Crippen molar-refractivity contribution in [3.63, 3.8) is 0 Å². The Hall–Kier alpha value is -3.09. The summed E-state index contributed by atoms with van der Waals surface area (Å²) in [7, 11) is 0. The molecule has 1 N–H and O–H groups in total. The number of carbonyl (C=O) groups excluding carboxylic acids is 2. The second-order valence-electron chi connectivity index (χ2n) is 7.56. The van der Waals surface area contributed by atoms with Gasteiger partial charge in [0.05, 0.1) is 6.04 Å². The molecule has 2 aliphatic heterocycles. The minimum absolute atomic E-state index is 0.0697. The van der Waals surface area contributed by atoms with E-state index in [1.54, 1.807) is 21.9 Å². The number of hydrogen-bond acceptors (Lipinski definition) is 3. The second-order valence-corrected chi connectivity index (χ2v) is 7.56. The smallest absolute Gasteiger partial charge is 0.317 e. The number of hydrogen-bond donors (Lipinski definition) is 1. The summed E-state index contributed by atoms with van der Waals surface area (Å²) in [5.41, 5.74) is 2.05. The molecule has 0 bridgehead atoms. The first-order chi connectivity index (χ1) is 14.1. The third-order valence-corrected chi connectivity index (χ3v) is 5.52. The summed E-state index contributed by atoms with van der Waals surface area (Å²) in [5.74, 6) is -0.181. The number of piperazine rings is 1. The van der Waals surface area contributed by atoms with Crippen molar-refractivity contribution in [1.82, 2.24) is 15.1 Å². The van der Waals surface area contributed by atoms with Gasteiger partial charge in [0.1, 0.15) is 5.82 Å². The van der Waals surface area contributed by atoms with E-state index in [2.05, 4.69) is 10.2 Å². The number of anilines is 1. The normalized spacial score (nSPS) is 19.6. The predicted octanol–water partition coefficient (Wildman–Crippen LogP) is 2.46. The van der Waals surface area contributed by atoms with E-state index in [-0.39, 0.29) is 23.8 Å². The van der Waals surface area contributed by atoms with Gasteiger partial charge in [-0.15, -0.1) is 0 Å². The van der Waals surface area contributed by atoms with E-state index in [1.165, 1.54) is 12.1 Å². The third-order valence-electron chi connectivity index (χ3n) is 5.52. The molecule has 2 aliphatic rings. The van der Waals surface area contributed by atoms with Gasteiger partial charge in [-0.2, -0.15) is 0 Å². The van der Waals surface area contributed by atoms with Gasteiger partial charge in [-0.1, -0.05) is 30.3 Å². The van der Waals surface area contributed by atoms with Crippen LogP contribution in [-0.2, 0) is 11.3 Å². The molecule has 6 nitrogen and oxygen atoms in total. The topological polar surface area (TPSA) is 55.9 Å². The number of likely N-dealkylation sites (tertiary alicyclic amines) is 1. The summed E-state index contributed by atoms with van der Waals surface area (Å²) in [5, 5.41) is 3.01. The molecule has 0 saturated carbocycles. The number of nitrogens with zero attached hydrogens (tertiary/aromatic N) is 3. The molecule has 7 heteroatoms. The number of benzene rings is 2. The van der Waals surface area contributed by atoms with E-state index in [0.717, 1.165) is 11.3 Å². The van der Waals surface area contributed by atoms with Gasteiger partial charge in [-0.05, 0) is 29.8 Å². The maximum Gasteiger partial charge on any atom is 0.317 e. The van der Waals surface area contributed by atoms with Gasteiger partial charge in [0.2, 0.25) is 5.91 Å². The predicted molar refractivity (Wildman–Crippen MR) is 109 cm³/mol. The molecule has 152 valence electrons. The highest BCUT2D eigenvalue weighted by atomic mass is 19.1. The van der Waals surface area contributed by atoms with Crippen molar-refractivity contribution in [2.24, 2.45) is 0 Å². The Morgan fingerprint density at radius 2 is 1.69 bits per heavy atom. The highest BCUT2D eigenvalue weighted by Gasteiger charge is 2.32. The van der Waals surface area contributed by atoms with Crippen LogP contribution < -0.4 is 10.2 Å². The molecule has 0 radical (unpaired) electrons. The van der Waals surface area contributed by atoms with Crippen LogP contribution in [0.15, 0.2) is 54.6 Å². The van der Waals surface area contributed by atoms with Gasteiger partial charge in [-0.3, -0.25) is 4.79 Å². The molecule has 2 aromatic carbocycles. The van der Waals surface area contributed by atoms with Crippen LogP contribution in [0.2, 0.25) is 0 Å². The summed E-state index contributed by atoms with van der Waals surface area (Å²) in [6.45, 7) is 3.69. The monoisotopic (exact) mass is 396 g/mol. The minimum Gasteiger partial charge on any atom is -0.368 e. The molecule has 1 atom stereocenters. The van der Waals surface area contributed by atoms with Crippen LogP contribution in [0.25, 0.3) is 0 Å². The maximum absolute atomic E-state index is 13.1. The van der Waals surface area contributed by atoms with Crippen molar-refractivity contribution < 1.29 is 14.0 Å². The number of carbonyl (C=O) groups is 2. The largest absolute Gasteiger partial charge is 0.368 e. The van der Waals surface area contributed by atoms with Crippen LogP contribution in [0.3, 0.4) is 0 Å². The molecule has 2 aromatic rings. The fraction of sp³-hybridized carbons (Fsp3) is 0.364. The van der Waals surface area contributed by atoms with Crippen LogP contribution in [0.1, 0.15) is 12.0 Å². The third kappa shape index (κ3) is 4.67. The van der Waals surface area contributed by atoms with Gasteiger partial charge >= 0.3 is 6.03 Å². The quantitative estimate of drug-likeness (QED) is 0.864.